The van der Waals surface area contributed by atoms with Gasteiger partial charge in [0.25, 0.3) is 0 Å². The van der Waals surface area contributed by atoms with Gasteiger partial charge in [0.2, 0.25) is 0 Å². The van der Waals surface area contributed by atoms with Crippen molar-refractivity contribution in [2.45, 2.75) is 36.5 Å². The van der Waals surface area contributed by atoms with Gasteiger partial charge in [0.15, 0.2) is 11.0 Å². The molecule has 0 aromatic carbocycles. The number of halogens is 3. The predicted molar refractivity (Wildman–Crippen MR) is 120 cm³/mol. The number of rotatable bonds is 7. The van der Waals surface area contributed by atoms with Crippen molar-refractivity contribution in [3.8, 4) is 11.4 Å². The highest BCUT2D eigenvalue weighted by molar-refractivity contribution is 7.99. The molecule has 33 heavy (non-hydrogen) atoms. The van der Waals surface area contributed by atoms with E-state index in [0.29, 0.717) is 5.92 Å². The first-order chi connectivity index (χ1) is 15.8. The molecule has 0 amide bonds. The second-order valence-electron chi connectivity index (χ2n) is 8.93. The third-order valence-electron chi connectivity index (χ3n) is 6.78. The van der Waals surface area contributed by atoms with E-state index in [4.69, 9.17) is 0 Å². The van der Waals surface area contributed by atoms with E-state index in [1.54, 1.807) is 24.0 Å². The van der Waals surface area contributed by atoms with Gasteiger partial charge in [-0.2, -0.15) is 13.2 Å². The van der Waals surface area contributed by atoms with E-state index in [9.17, 15) is 13.2 Å². The highest BCUT2D eigenvalue weighted by atomic mass is 32.2. The Labute approximate surface area is 194 Å². The van der Waals surface area contributed by atoms with Crippen molar-refractivity contribution in [2.24, 2.45) is 13.0 Å². The molecule has 2 atom stereocenters. The lowest BCUT2D eigenvalue weighted by Crippen LogP contribution is -2.28. The number of fused-ring (bicyclic) bond motifs is 1. The molecule has 6 nitrogen and oxygen atoms in total. The predicted octanol–water partition coefficient (Wildman–Crippen LogP) is 4.36. The lowest BCUT2D eigenvalue weighted by atomic mass is 9.96. The van der Waals surface area contributed by atoms with Crippen molar-refractivity contribution in [3.05, 3.63) is 53.6 Å². The largest absolute Gasteiger partial charge is 0.433 e. The molecule has 0 unspecified atom stereocenters. The zero-order chi connectivity index (χ0) is 23.2. The number of thioether (sulfide) groups is 1. The Morgan fingerprint density at radius 3 is 2.76 bits per heavy atom. The average Bonchev–Trinajstić information content (AvgIpc) is 3.17. The quantitative estimate of drug-likeness (QED) is 0.375. The first-order valence-corrected chi connectivity index (χ1v) is 12.0. The number of pyridine rings is 2. The van der Waals surface area contributed by atoms with Gasteiger partial charge >= 0.3 is 6.18 Å². The summed E-state index contributed by atoms with van der Waals surface area (Å²) >= 11 is 1.69. The van der Waals surface area contributed by atoms with E-state index in [1.807, 2.05) is 30.7 Å². The smallest absolute Gasteiger partial charge is 0.305 e. The van der Waals surface area contributed by atoms with Crippen LogP contribution in [-0.2, 0) is 18.6 Å². The fraction of sp³-hybridized carbons (Fsp3) is 0.478. The van der Waals surface area contributed by atoms with Gasteiger partial charge in [-0.1, -0.05) is 17.8 Å². The molecule has 3 aromatic heterocycles. The maximum atomic E-state index is 12.8. The van der Waals surface area contributed by atoms with E-state index in [-0.39, 0.29) is 5.41 Å². The molecule has 0 N–H and O–H groups in total. The first kappa shape index (κ1) is 22.3. The standard InChI is InChI=1S/C23H25F3N6S/c1-15-18(5-3-8-27-15)20-29-30-21(31(20)2)33-10-4-9-32-13-17-11-22(17,14-32)16-6-7-19(28-12-16)23(24,25)26/h3,5-8,12,17H,4,9-11,13-14H2,1-2H3/t17-,22+/m0/s1. The Morgan fingerprint density at radius 1 is 1.18 bits per heavy atom. The van der Waals surface area contributed by atoms with Crippen LogP contribution >= 0.6 is 11.8 Å². The number of nitrogens with zero attached hydrogens (tertiary/aromatic N) is 6. The molecule has 0 bridgehead atoms. The van der Waals surface area contributed by atoms with Crippen molar-refractivity contribution in [3.63, 3.8) is 0 Å². The molecule has 2 aliphatic rings. The van der Waals surface area contributed by atoms with Crippen molar-refractivity contribution in [2.75, 3.05) is 25.4 Å². The van der Waals surface area contributed by atoms with Crippen LogP contribution in [-0.4, -0.2) is 55.0 Å². The molecule has 1 saturated heterocycles. The van der Waals surface area contributed by atoms with Crippen molar-refractivity contribution >= 4 is 11.8 Å². The second kappa shape index (κ2) is 8.39. The van der Waals surface area contributed by atoms with E-state index < -0.39 is 11.9 Å². The summed E-state index contributed by atoms with van der Waals surface area (Å²) in [6.07, 6.45) is 0.857. The van der Waals surface area contributed by atoms with Crippen LogP contribution in [0.1, 0.15) is 29.8 Å². The van der Waals surface area contributed by atoms with E-state index in [1.165, 1.54) is 6.20 Å². The SMILES string of the molecule is Cc1ncccc1-c1nnc(SCCCN2C[C@@H]3C[C@]3(c3ccc(C(F)(F)F)nc3)C2)n1C. The lowest BCUT2D eigenvalue weighted by molar-refractivity contribution is -0.141. The van der Waals surface area contributed by atoms with Crippen molar-refractivity contribution in [1.29, 1.82) is 0 Å². The molecular weight excluding hydrogens is 449 g/mol. The van der Waals surface area contributed by atoms with Gasteiger partial charge in [0.05, 0.1) is 0 Å². The number of aromatic nitrogens is 5. The molecule has 174 valence electrons. The number of likely N-dealkylation sites (tertiary alicyclic amines) is 1. The Bertz CT molecular complexity index is 1150. The van der Waals surface area contributed by atoms with Gasteiger partial charge in [0, 0.05) is 55.0 Å². The molecule has 0 spiro atoms. The Balaban J connectivity index is 1.13. The topological polar surface area (TPSA) is 59.7 Å². The number of piperidine rings is 1. The third kappa shape index (κ3) is 4.26. The molecular formula is C23H25F3N6S. The normalized spacial score (nSPS) is 22.5. The highest BCUT2D eigenvalue weighted by Gasteiger charge is 2.60. The molecule has 5 rings (SSSR count). The van der Waals surface area contributed by atoms with Gasteiger partial charge in [0.1, 0.15) is 5.69 Å². The van der Waals surface area contributed by atoms with Gasteiger partial charge in [-0.25, -0.2) is 0 Å². The van der Waals surface area contributed by atoms with Crippen LogP contribution in [0.4, 0.5) is 13.2 Å². The summed E-state index contributed by atoms with van der Waals surface area (Å²) in [5.41, 5.74) is 2.02. The molecule has 10 heteroatoms. The molecule has 4 heterocycles. The summed E-state index contributed by atoms with van der Waals surface area (Å²) in [6.45, 7) is 4.82. The van der Waals surface area contributed by atoms with E-state index in [2.05, 4.69) is 25.1 Å². The maximum Gasteiger partial charge on any atom is 0.433 e. The van der Waals surface area contributed by atoms with Crippen LogP contribution in [0.25, 0.3) is 11.4 Å². The third-order valence-corrected chi connectivity index (χ3v) is 7.88. The Hall–Kier alpha value is -2.46. The van der Waals surface area contributed by atoms with Gasteiger partial charge in [-0.3, -0.25) is 9.97 Å². The molecule has 0 radical (unpaired) electrons. The van der Waals surface area contributed by atoms with Gasteiger partial charge < -0.3 is 9.47 Å². The van der Waals surface area contributed by atoms with Crippen LogP contribution in [0.5, 0.6) is 0 Å². The summed E-state index contributed by atoms with van der Waals surface area (Å²) < 4.78 is 40.4. The number of hydrogen-bond donors (Lipinski definition) is 0. The summed E-state index contributed by atoms with van der Waals surface area (Å²) in [6, 6.07) is 6.63. The first-order valence-electron chi connectivity index (χ1n) is 11.0. The number of hydrogen-bond acceptors (Lipinski definition) is 6. The summed E-state index contributed by atoms with van der Waals surface area (Å²) in [7, 11) is 1.97. The monoisotopic (exact) mass is 474 g/mol. The molecule has 2 fully saturated rings. The molecule has 1 saturated carbocycles. The van der Waals surface area contributed by atoms with Crippen LogP contribution in [0.3, 0.4) is 0 Å². The van der Waals surface area contributed by atoms with Gasteiger partial charge in [-0.15, -0.1) is 10.2 Å². The van der Waals surface area contributed by atoms with E-state index >= 15 is 0 Å². The molecule has 1 aliphatic carbocycles. The van der Waals surface area contributed by atoms with Gasteiger partial charge in [-0.05, 0) is 56.0 Å². The van der Waals surface area contributed by atoms with Crippen molar-refractivity contribution in [1.82, 2.24) is 29.6 Å². The van der Waals surface area contributed by atoms with Crippen LogP contribution in [0.15, 0.2) is 41.8 Å². The molecule has 3 aromatic rings. The lowest BCUT2D eigenvalue weighted by Gasteiger charge is -2.21. The molecule has 1 aliphatic heterocycles. The van der Waals surface area contributed by atoms with Crippen LogP contribution in [0.2, 0.25) is 0 Å². The summed E-state index contributed by atoms with van der Waals surface area (Å²) in [5.74, 6) is 2.26. The number of aryl methyl sites for hydroxylation is 1. The summed E-state index contributed by atoms with van der Waals surface area (Å²) in [4.78, 5) is 10.4. The Kier molecular flexibility index (Phi) is 5.68. The zero-order valence-electron chi connectivity index (χ0n) is 18.5. The second-order valence-corrected chi connectivity index (χ2v) is 9.99. The average molecular weight is 475 g/mol. The maximum absolute atomic E-state index is 12.8. The minimum absolute atomic E-state index is 0.00958. The fourth-order valence-corrected chi connectivity index (χ4v) is 5.74. The van der Waals surface area contributed by atoms with Crippen LogP contribution < -0.4 is 0 Å². The minimum Gasteiger partial charge on any atom is -0.305 e. The zero-order valence-corrected chi connectivity index (χ0v) is 19.3. The van der Waals surface area contributed by atoms with E-state index in [0.717, 1.165) is 72.1 Å². The van der Waals surface area contributed by atoms with Crippen LogP contribution in [0, 0.1) is 12.8 Å². The van der Waals surface area contributed by atoms with Crippen molar-refractivity contribution < 1.29 is 13.2 Å². The Morgan fingerprint density at radius 2 is 2.03 bits per heavy atom. The highest BCUT2D eigenvalue weighted by Crippen LogP contribution is 2.58. The fourth-order valence-electron chi connectivity index (χ4n) is 4.91. The number of alkyl halides is 3. The minimum atomic E-state index is -4.39. The summed E-state index contributed by atoms with van der Waals surface area (Å²) in [5, 5.41) is 9.57.